The van der Waals surface area contributed by atoms with E-state index < -0.39 is 0 Å². The van der Waals surface area contributed by atoms with E-state index in [-0.39, 0.29) is 0 Å². The maximum atomic E-state index is 5.58. The third-order valence-corrected chi connectivity index (χ3v) is 4.48. The summed E-state index contributed by atoms with van der Waals surface area (Å²) in [6.07, 6.45) is 1.70. The highest BCUT2D eigenvalue weighted by atomic mass is 32.1. The largest absolute Gasteiger partial charge is 0.492 e. The molecule has 5 nitrogen and oxygen atoms in total. The average Bonchev–Trinajstić information content (AvgIpc) is 3.12. The highest BCUT2D eigenvalue weighted by molar-refractivity contribution is 7.14. The zero-order valence-electron chi connectivity index (χ0n) is 15.0. The van der Waals surface area contributed by atoms with E-state index in [1.54, 1.807) is 13.3 Å². The second-order valence-corrected chi connectivity index (χ2v) is 6.44. The van der Waals surface area contributed by atoms with E-state index in [9.17, 15) is 0 Å². The Labute approximate surface area is 157 Å². The highest BCUT2D eigenvalue weighted by Crippen LogP contribution is 2.30. The van der Waals surface area contributed by atoms with Crippen LogP contribution in [0.2, 0.25) is 0 Å². The molecular weight excluding hydrogens is 346 g/mol. The molecule has 0 unspecified atom stereocenters. The van der Waals surface area contributed by atoms with Crippen molar-refractivity contribution in [1.82, 2.24) is 4.98 Å². The minimum Gasteiger partial charge on any atom is -0.492 e. The zero-order chi connectivity index (χ0) is 18.4. The third-order valence-electron chi connectivity index (χ3n) is 3.73. The van der Waals surface area contributed by atoms with E-state index in [1.807, 2.05) is 30.5 Å². The van der Waals surface area contributed by atoms with Gasteiger partial charge in [-0.3, -0.25) is 5.43 Å². The summed E-state index contributed by atoms with van der Waals surface area (Å²) in [5, 5.41) is 7.03. The van der Waals surface area contributed by atoms with E-state index in [4.69, 9.17) is 9.47 Å². The molecule has 1 heterocycles. The number of hydrogen-bond acceptors (Lipinski definition) is 6. The van der Waals surface area contributed by atoms with Gasteiger partial charge in [0.25, 0.3) is 0 Å². The second-order valence-electron chi connectivity index (χ2n) is 5.59. The van der Waals surface area contributed by atoms with Crippen molar-refractivity contribution in [2.75, 3.05) is 19.1 Å². The minimum atomic E-state index is 0.579. The minimum absolute atomic E-state index is 0.579. The summed E-state index contributed by atoms with van der Waals surface area (Å²) in [4.78, 5) is 4.57. The summed E-state index contributed by atoms with van der Waals surface area (Å²) in [6, 6.07) is 14.0. The van der Waals surface area contributed by atoms with E-state index in [2.05, 4.69) is 46.7 Å². The van der Waals surface area contributed by atoms with Crippen LogP contribution in [-0.4, -0.2) is 24.9 Å². The van der Waals surface area contributed by atoms with E-state index in [0.717, 1.165) is 22.0 Å². The number of anilines is 1. The molecule has 0 fully saturated rings. The van der Waals surface area contributed by atoms with Crippen LogP contribution in [0.1, 0.15) is 18.1 Å². The second kappa shape index (κ2) is 8.49. The number of thiazole rings is 1. The van der Waals surface area contributed by atoms with Crippen LogP contribution in [0.25, 0.3) is 11.3 Å². The predicted octanol–water partition coefficient (Wildman–Crippen LogP) is 4.97. The van der Waals surface area contributed by atoms with Crippen LogP contribution in [0.3, 0.4) is 0 Å². The van der Waals surface area contributed by atoms with Crippen LogP contribution in [0.15, 0.2) is 52.9 Å². The Balaban J connectivity index is 1.71. The van der Waals surface area contributed by atoms with E-state index >= 15 is 0 Å². The van der Waals surface area contributed by atoms with Gasteiger partial charge < -0.3 is 9.47 Å². The molecule has 134 valence electrons. The number of para-hydroxylation sites is 1. The Morgan fingerprint density at radius 3 is 2.73 bits per heavy atom. The van der Waals surface area contributed by atoms with Crippen molar-refractivity contribution in [2.24, 2.45) is 5.10 Å². The van der Waals surface area contributed by atoms with Gasteiger partial charge in [-0.1, -0.05) is 35.9 Å². The molecule has 3 rings (SSSR count). The first-order chi connectivity index (χ1) is 12.7. The Morgan fingerprint density at radius 1 is 1.19 bits per heavy atom. The fourth-order valence-electron chi connectivity index (χ4n) is 2.46. The molecule has 6 heteroatoms. The molecule has 0 amide bonds. The molecule has 0 bridgehead atoms. The molecular formula is C20H21N3O2S. The van der Waals surface area contributed by atoms with Gasteiger partial charge in [0.05, 0.1) is 25.6 Å². The Bertz CT molecular complexity index is 888. The fourth-order valence-corrected chi connectivity index (χ4v) is 3.13. The SMILES string of the molecule is CCOc1cccc(/C=N\Nc2nc(-c3ccc(C)cc3)cs2)c1OC. The fraction of sp³-hybridized carbons (Fsp3) is 0.200. The average molecular weight is 367 g/mol. The van der Waals surface area contributed by atoms with Crippen LogP contribution in [0.5, 0.6) is 11.5 Å². The van der Waals surface area contributed by atoms with Crippen molar-refractivity contribution in [3.05, 3.63) is 59.0 Å². The number of nitrogens with zero attached hydrogens (tertiary/aromatic N) is 2. The maximum absolute atomic E-state index is 5.58. The summed E-state index contributed by atoms with van der Waals surface area (Å²) >= 11 is 1.51. The summed E-state index contributed by atoms with van der Waals surface area (Å²) < 4.78 is 11.0. The van der Waals surface area contributed by atoms with Gasteiger partial charge in [-0.05, 0) is 26.0 Å². The van der Waals surface area contributed by atoms with Gasteiger partial charge in [0.2, 0.25) is 5.13 Å². The lowest BCUT2D eigenvalue weighted by molar-refractivity contribution is 0.311. The highest BCUT2D eigenvalue weighted by Gasteiger charge is 2.08. The standard InChI is InChI=1S/C20H21N3O2S/c1-4-25-18-7-5-6-16(19(18)24-3)12-21-23-20-22-17(13-26-20)15-10-8-14(2)9-11-15/h5-13H,4H2,1-3H3,(H,22,23)/b21-12-. The lowest BCUT2D eigenvalue weighted by Crippen LogP contribution is -1.99. The van der Waals surface area contributed by atoms with Crippen LogP contribution >= 0.6 is 11.3 Å². The Hall–Kier alpha value is -2.86. The van der Waals surface area contributed by atoms with Crippen molar-refractivity contribution < 1.29 is 9.47 Å². The van der Waals surface area contributed by atoms with Crippen molar-refractivity contribution in [1.29, 1.82) is 0 Å². The normalized spacial score (nSPS) is 10.9. The summed E-state index contributed by atoms with van der Waals surface area (Å²) in [5.41, 5.74) is 7.07. The van der Waals surface area contributed by atoms with Gasteiger partial charge in [-0.2, -0.15) is 5.10 Å². The van der Waals surface area contributed by atoms with Gasteiger partial charge in [0, 0.05) is 16.5 Å². The molecule has 0 aliphatic carbocycles. The number of ether oxygens (including phenoxy) is 2. The van der Waals surface area contributed by atoms with Crippen LogP contribution < -0.4 is 14.9 Å². The Kier molecular flexibility index (Phi) is 5.86. The van der Waals surface area contributed by atoms with Crippen molar-refractivity contribution >= 4 is 22.7 Å². The number of rotatable bonds is 7. The Morgan fingerprint density at radius 2 is 2.00 bits per heavy atom. The molecule has 1 N–H and O–H groups in total. The molecule has 3 aromatic rings. The zero-order valence-corrected chi connectivity index (χ0v) is 15.8. The van der Waals surface area contributed by atoms with Crippen LogP contribution in [-0.2, 0) is 0 Å². The third kappa shape index (κ3) is 4.21. The molecule has 0 aliphatic rings. The molecule has 0 saturated carbocycles. The topological polar surface area (TPSA) is 55.7 Å². The lowest BCUT2D eigenvalue weighted by Gasteiger charge is -2.10. The molecule has 0 aliphatic heterocycles. The van der Waals surface area contributed by atoms with Gasteiger partial charge in [0.1, 0.15) is 0 Å². The van der Waals surface area contributed by atoms with Gasteiger partial charge in [0.15, 0.2) is 11.5 Å². The molecule has 1 aromatic heterocycles. The maximum Gasteiger partial charge on any atom is 0.203 e. The molecule has 0 atom stereocenters. The molecule has 0 spiro atoms. The van der Waals surface area contributed by atoms with Gasteiger partial charge in [-0.15, -0.1) is 11.3 Å². The first-order valence-corrected chi connectivity index (χ1v) is 9.20. The number of aryl methyl sites for hydroxylation is 1. The number of nitrogens with one attached hydrogen (secondary N) is 1. The monoisotopic (exact) mass is 367 g/mol. The van der Waals surface area contributed by atoms with E-state index in [0.29, 0.717) is 18.1 Å². The van der Waals surface area contributed by atoms with Crippen molar-refractivity contribution in [2.45, 2.75) is 13.8 Å². The number of hydrogen-bond donors (Lipinski definition) is 1. The summed E-state index contributed by atoms with van der Waals surface area (Å²) in [7, 11) is 1.62. The van der Waals surface area contributed by atoms with Crippen LogP contribution in [0, 0.1) is 6.92 Å². The predicted molar refractivity (Wildman–Crippen MR) is 108 cm³/mol. The summed E-state index contributed by atoms with van der Waals surface area (Å²) in [6.45, 7) is 4.59. The van der Waals surface area contributed by atoms with Crippen LogP contribution in [0.4, 0.5) is 5.13 Å². The molecule has 2 aromatic carbocycles. The number of hydrazone groups is 1. The molecule has 0 saturated heterocycles. The van der Waals surface area contributed by atoms with Crippen molar-refractivity contribution in [3.63, 3.8) is 0 Å². The van der Waals surface area contributed by atoms with E-state index in [1.165, 1.54) is 16.9 Å². The first kappa shape index (κ1) is 17.9. The molecule has 0 radical (unpaired) electrons. The van der Waals surface area contributed by atoms with Gasteiger partial charge >= 0.3 is 0 Å². The summed E-state index contributed by atoms with van der Waals surface area (Å²) in [5.74, 6) is 1.37. The van der Waals surface area contributed by atoms with Crippen molar-refractivity contribution in [3.8, 4) is 22.8 Å². The molecule has 26 heavy (non-hydrogen) atoms. The number of methoxy groups -OCH3 is 1. The number of aromatic nitrogens is 1. The smallest absolute Gasteiger partial charge is 0.203 e. The lowest BCUT2D eigenvalue weighted by atomic mass is 10.1. The van der Waals surface area contributed by atoms with Gasteiger partial charge in [-0.25, -0.2) is 4.98 Å². The quantitative estimate of drug-likeness (QED) is 0.473. The first-order valence-electron chi connectivity index (χ1n) is 8.32. The number of benzene rings is 2.